The van der Waals surface area contributed by atoms with Crippen LogP contribution in [0.4, 0.5) is 5.13 Å². The molecular weight excluding hydrogens is 466 g/mol. The lowest BCUT2D eigenvalue weighted by Gasteiger charge is -2.47. The maximum atomic E-state index is 13.3. The second-order valence-electron chi connectivity index (χ2n) is 7.87. The predicted molar refractivity (Wildman–Crippen MR) is 135 cm³/mol. The molecule has 0 spiro atoms. The lowest BCUT2D eigenvalue weighted by Crippen LogP contribution is -2.65. The first-order valence-electron chi connectivity index (χ1n) is 11.0. The fraction of sp³-hybridized carbons (Fsp3) is 0.269. The number of para-hydroxylation sites is 1. The third kappa shape index (κ3) is 5.30. The van der Waals surface area contributed by atoms with Crippen LogP contribution in [0.1, 0.15) is 19.4 Å². The average molecular weight is 496 g/mol. The average Bonchev–Trinajstić information content (AvgIpc) is 3.38. The van der Waals surface area contributed by atoms with Crippen molar-refractivity contribution in [1.29, 1.82) is 0 Å². The first-order chi connectivity index (χ1) is 16.9. The van der Waals surface area contributed by atoms with Crippen LogP contribution in [0.25, 0.3) is 0 Å². The summed E-state index contributed by atoms with van der Waals surface area (Å²) >= 11 is 1.39. The van der Waals surface area contributed by atoms with E-state index in [0.717, 1.165) is 5.56 Å². The number of nitrogens with zero attached hydrogens (tertiary/aromatic N) is 1. The zero-order chi connectivity index (χ0) is 25.4. The Morgan fingerprint density at radius 2 is 1.69 bits per heavy atom. The minimum absolute atomic E-state index is 0.322. The van der Waals surface area contributed by atoms with Crippen molar-refractivity contribution in [2.45, 2.75) is 31.3 Å². The first kappa shape index (κ1) is 25.8. The minimum atomic E-state index is -1.22. The van der Waals surface area contributed by atoms with Crippen LogP contribution in [0.3, 0.4) is 0 Å². The number of carbonyl (C=O) groups is 2. The van der Waals surface area contributed by atoms with Gasteiger partial charge >= 0.3 is 11.9 Å². The molecule has 3 N–H and O–H groups in total. The lowest BCUT2D eigenvalue weighted by atomic mass is 9.64. The topological polar surface area (TPSA) is 110 Å². The summed E-state index contributed by atoms with van der Waals surface area (Å²) in [5.41, 5.74) is 0.490. The van der Waals surface area contributed by atoms with Gasteiger partial charge in [0.1, 0.15) is 11.2 Å². The van der Waals surface area contributed by atoms with E-state index in [9.17, 15) is 9.59 Å². The molecule has 0 saturated carbocycles. The minimum Gasteiger partial charge on any atom is -0.508 e. The Bertz CT molecular complexity index is 1150. The van der Waals surface area contributed by atoms with Crippen LogP contribution in [0.2, 0.25) is 0 Å². The van der Waals surface area contributed by atoms with E-state index < -0.39 is 23.4 Å². The standard InChI is InChI=1S/C20H23N3O4S.C6H6O/c1-12-15(17(24)26-3)16(23-19-21-10-11-28-19)20(13(2)22-12,18(25)27-4)14-8-6-5-7-9-14;7-6-4-2-1-3-5-6/h5-11,13,16,22H,1-4H3,(H,21,23);1-5,7H. The van der Waals surface area contributed by atoms with Gasteiger partial charge in [-0.2, -0.15) is 0 Å². The molecule has 3 aromatic rings. The molecule has 35 heavy (non-hydrogen) atoms. The number of methoxy groups -OCH3 is 2. The number of esters is 2. The van der Waals surface area contributed by atoms with Crippen molar-refractivity contribution in [3.8, 4) is 5.75 Å². The van der Waals surface area contributed by atoms with Gasteiger partial charge in [-0.05, 0) is 31.5 Å². The molecular formula is C26H29N3O5S. The van der Waals surface area contributed by atoms with E-state index in [1.54, 1.807) is 37.4 Å². The van der Waals surface area contributed by atoms with Crippen LogP contribution < -0.4 is 10.6 Å². The van der Waals surface area contributed by atoms with Gasteiger partial charge in [0, 0.05) is 23.3 Å². The van der Waals surface area contributed by atoms with Crippen molar-refractivity contribution in [2.75, 3.05) is 19.5 Å². The van der Waals surface area contributed by atoms with Gasteiger partial charge in [0.25, 0.3) is 0 Å². The Morgan fingerprint density at radius 3 is 2.17 bits per heavy atom. The van der Waals surface area contributed by atoms with Gasteiger partial charge in [0.15, 0.2) is 5.13 Å². The molecule has 0 fully saturated rings. The number of hydrogen-bond acceptors (Lipinski definition) is 9. The van der Waals surface area contributed by atoms with Crippen LogP contribution in [-0.4, -0.2) is 48.3 Å². The quantitative estimate of drug-likeness (QED) is 0.458. The van der Waals surface area contributed by atoms with E-state index in [2.05, 4.69) is 15.6 Å². The number of carbonyl (C=O) groups excluding carboxylic acids is 2. The number of benzene rings is 2. The van der Waals surface area contributed by atoms with E-state index in [4.69, 9.17) is 14.6 Å². The second-order valence-corrected chi connectivity index (χ2v) is 8.77. The van der Waals surface area contributed by atoms with Crippen LogP contribution in [0.15, 0.2) is 83.5 Å². The monoisotopic (exact) mass is 495 g/mol. The van der Waals surface area contributed by atoms with E-state index in [-0.39, 0.29) is 6.04 Å². The molecule has 0 aliphatic carbocycles. The summed E-state index contributed by atoms with van der Waals surface area (Å²) in [6.07, 6.45) is 1.66. The molecule has 2 aromatic carbocycles. The number of thiazole rings is 1. The third-order valence-electron chi connectivity index (χ3n) is 5.90. The number of anilines is 1. The molecule has 0 bridgehead atoms. The molecule has 0 saturated heterocycles. The zero-order valence-electron chi connectivity index (χ0n) is 20.0. The number of ether oxygens (including phenoxy) is 2. The third-order valence-corrected chi connectivity index (χ3v) is 6.60. The largest absolute Gasteiger partial charge is 0.508 e. The Morgan fingerprint density at radius 1 is 1.06 bits per heavy atom. The molecule has 1 aliphatic heterocycles. The molecule has 9 heteroatoms. The summed E-state index contributed by atoms with van der Waals surface area (Å²) in [4.78, 5) is 30.3. The smallest absolute Gasteiger partial charge is 0.337 e. The van der Waals surface area contributed by atoms with Crippen LogP contribution in [0.5, 0.6) is 5.75 Å². The Hall–Kier alpha value is -3.85. The van der Waals surface area contributed by atoms with E-state index in [0.29, 0.717) is 22.2 Å². The lowest BCUT2D eigenvalue weighted by molar-refractivity contribution is -0.149. The number of hydrogen-bond donors (Lipinski definition) is 3. The number of aromatic hydroxyl groups is 1. The molecule has 3 unspecified atom stereocenters. The number of aromatic nitrogens is 1. The Balaban J connectivity index is 0.000000420. The van der Waals surface area contributed by atoms with E-state index in [1.165, 1.54) is 25.6 Å². The first-order valence-corrected chi connectivity index (χ1v) is 11.8. The Labute approximate surface area is 208 Å². The highest BCUT2D eigenvalue weighted by molar-refractivity contribution is 7.13. The van der Waals surface area contributed by atoms with Crippen molar-refractivity contribution in [2.24, 2.45) is 0 Å². The van der Waals surface area contributed by atoms with Gasteiger partial charge in [-0.3, -0.25) is 4.79 Å². The highest BCUT2D eigenvalue weighted by Crippen LogP contribution is 2.42. The molecule has 1 aliphatic rings. The molecule has 184 valence electrons. The van der Waals surface area contributed by atoms with Gasteiger partial charge in [-0.1, -0.05) is 48.5 Å². The Kier molecular flexibility index (Phi) is 8.48. The molecule has 8 nitrogen and oxygen atoms in total. The molecule has 0 amide bonds. The summed E-state index contributed by atoms with van der Waals surface area (Å²) in [6, 6.07) is 16.9. The maximum Gasteiger partial charge on any atom is 0.337 e. The van der Waals surface area contributed by atoms with Crippen molar-refractivity contribution in [3.05, 3.63) is 89.1 Å². The highest BCUT2D eigenvalue weighted by atomic mass is 32.1. The SMILES string of the molecule is COC(=O)C1=C(C)NC(C)C(C(=O)OC)(c2ccccc2)C1Nc1nccs1.Oc1ccccc1. The van der Waals surface area contributed by atoms with Gasteiger partial charge in [-0.25, -0.2) is 9.78 Å². The normalized spacial score (nSPS) is 21.1. The van der Waals surface area contributed by atoms with E-state index >= 15 is 0 Å². The number of nitrogens with one attached hydrogen (secondary N) is 2. The van der Waals surface area contributed by atoms with Gasteiger partial charge in [-0.15, -0.1) is 11.3 Å². The zero-order valence-corrected chi connectivity index (χ0v) is 20.8. The predicted octanol–water partition coefficient (Wildman–Crippen LogP) is 3.87. The number of rotatable bonds is 5. The molecule has 4 rings (SSSR count). The van der Waals surface area contributed by atoms with Crippen LogP contribution in [-0.2, 0) is 24.5 Å². The van der Waals surface area contributed by atoms with Gasteiger partial charge in [0.2, 0.25) is 0 Å². The summed E-state index contributed by atoms with van der Waals surface area (Å²) < 4.78 is 10.3. The van der Waals surface area contributed by atoms with Crippen LogP contribution >= 0.6 is 11.3 Å². The van der Waals surface area contributed by atoms with Gasteiger partial charge in [0.05, 0.1) is 25.8 Å². The fourth-order valence-electron chi connectivity index (χ4n) is 4.34. The van der Waals surface area contributed by atoms with Crippen molar-refractivity contribution in [3.63, 3.8) is 0 Å². The molecule has 3 atom stereocenters. The number of phenolic OH excluding ortho intramolecular Hbond substituents is 1. The van der Waals surface area contributed by atoms with E-state index in [1.807, 2.05) is 48.7 Å². The fourth-order valence-corrected chi connectivity index (χ4v) is 4.89. The van der Waals surface area contributed by atoms with Crippen LogP contribution in [0, 0.1) is 0 Å². The summed E-state index contributed by atoms with van der Waals surface area (Å²) in [6.45, 7) is 3.70. The van der Waals surface area contributed by atoms with Crippen molar-refractivity contribution in [1.82, 2.24) is 10.3 Å². The molecule has 2 heterocycles. The summed E-state index contributed by atoms with van der Waals surface area (Å²) in [7, 11) is 2.67. The number of allylic oxidation sites excluding steroid dienone is 1. The van der Waals surface area contributed by atoms with Gasteiger partial charge < -0.3 is 25.2 Å². The summed E-state index contributed by atoms with van der Waals surface area (Å²) in [5.74, 6) is -0.653. The van der Waals surface area contributed by atoms with Crippen molar-refractivity contribution >= 4 is 28.4 Å². The number of phenols is 1. The molecule has 0 radical (unpaired) electrons. The molecule has 1 aromatic heterocycles. The van der Waals surface area contributed by atoms with Crippen molar-refractivity contribution < 1.29 is 24.2 Å². The summed E-state index contributed by atoms with van der Waals surface area (Å²) in [5, 5.41) is 17.6. The highest BCUT2D eigenvalue weighted by Gasteiger charge is 2.58. The maximum absolute atomic E-state index is 13.3. The second kappa shape index (κ2) is 11.5.